The van der Waals surface area contributed by atoms with Crippen LogP contribution in [0.15, 0.2) is 53.6 Å². The lowest BCUT2D eigenvalue weighted by Gasteiger charge is -2.59. The SMILES string of the molecule is CC(C)C1=CC2=CCC3C(C)(C(=O)Cc4ccccc4)CC(O)CC3(C)C2CC1. The molecule has 1 aromatic carbocycles. The first kappa shape index (κ1) is 20.6. The number of hydrogen-bond acceptors (Lipinski definition) is 2. The Morgan fingerprint density at radius 3 is 2.59 bits per heavy atom. The molecule has 2 heteroatoms. The second-order valence-corrected chi connectivity index (χ2v) is 10.5. The van der Waals surface area contributed by atoms with E-state index in [0.717, 1.165) is 31.2 Å². The van der Waals surface area contributed by atoms with Gasteiger partial charge in [-0.15, -0.1) is 0 Å². The summed E-state index contributed by atoms with van der Waals surface area (Å²) in [6, 6.07) is 10.1. The van der Waals surface area contributed by atoms with Gasteiger partial charge in [0.15, 0.2) is 0 Å². The van der Waals surface area contributed by atoms with Crippen molar-refractivity contribution in [3.8, 4) is 0 Å². The van der Waals surface area contributed by atoms with Gasteiger partial charge in [-0.2, -0.15) is 0 Å². The smallest absolute Gasteiger partial charge is 0.143 e. The first-order chi connectivity index (χ1) is 13.7. The van der Waals surface area contributed by atoms with E-state index in [1.807, 2.05) is 30.3 Å². The number of aliphatic hydroxyl groups excluding tert-OH is 1. The van der Waals surface area contributed by atoms with Crippen molar-refractivity contribution in [2.24, 2.45) is 28.6 Å². The van der Waals surface area contributed by atoms with Crippen LogP contribution in [0.25, 0.3) is 0 Å². The van der Waals surface area contributed by atoms with Crippen molar-refractivity contribution >= 4 is 5.78 Å². The van der Waals surface area contributed by atoms with Gasteiger partial charge in [0.25, 0.3) is 0 Å². The molecule has 0 spiro atoms. The molecule has 5 unspecified atom stereocenters. The maximum atomic E-state index is 13.6. The molecule has 1 saturated carbocycles. The van der Waals surface area contributed by atoms with Crippen molar-refractivity contribution in [1.82, 2.24) is 0 Å². The van der Waals surface area contributed by atoms with Crippen molar-refractivity contribution in [3.63, 3.8) is 0 Å². The van der Waals surface area contributed by atoms with Crippen LogP contribution in [-0.4, -0.2) is 17.0 Å². The highest BCUT2D eigenvalue weighted by atomic mass is 16.3. The third-order valence-electron chi connectivity index (χ3n) is 8.35. The quantitative estimate of drug-likeness (QED) is 0.692. The molecule has 2 nitrogen and oxygen atoms in total. The largest absolute Gasteiger partial charge is 0.393 e. The normalized spacial score (nSPS) is 36.7. The summed E-state index contributed by atoms with van der Waals surface area (Å²) in [5.41, 5.74) is 3.61. The summed E-state index contributed by atoms with van der Waals surface area (Å²) in [6.45, 7) is 9.06. The molecule has 0 radical (unpaired) electrons. The third kappa shape index (κ3) is 3.54. The number of ketones is 1. The number of Topliss-reactive ketones (excluding diaryl/α,β-unsaturated/α-hetero) is 1. The maximum absolute atomic E-state index is 13.6. The number of allylic oxidation sites excluding steroid dienone is 4. The summed E-state index contributed by atoms with van der Waals surface area (Å²) >= 11 is 0. The molecule has 0 amide bonds. The predicted molar refractivity (Wildman–Crippen MR) is 118 cm³/mol. The first-order valence-corrected chi connectivity index (χ1v) is 11.4. The average Bonchev–Trinajstić information content (AvgIpc) is 2.67. The summed E-state index contributed by atoms with van der Waals surface area (Å²) in [5, 5.41) is 10.9. The number of hydrogen-bond donors (Lipinski definition) is 1. The van der Waals surface area contributed by atoms with E-state index >= 15 is 0 Å². The summed E-state index contributed by atoms with van der Waals surface area (Å²) < 4.78 is 0. The molecule has 3 aliphatic rings. The van der Waals surface area contributed by atoms with Gasteiger partial charge in [-0.05, 0) is 66.4 Å². The highest BCUT2D eigenvalue weighted by Gasteiger charge is 2.58. The predicted octanol–water partition coefficient (Wildman–Crippen LogP) is 5.90. The summed E-state index contributed by atoms with van der Waals surface area (Å²) in [4.78, 5) is 13.6. The zero-order chi connectivity index (χ0) is 20.8. The number of aliphatic hydroxyl groups is 1. The van der Waals surface area contributed by atoms with E-state index in [-0.39, 0.29) is 5.41 Å². The van der Waals surface area contributed by atoms with Crippen LogP contribution >= 0.6 is 0 Å². The maximum Gasteiger partial charge on any atom is 0.143 e. The molecule has 1 N–H and O–H groups in total. The van der Waals surface area contributed by atoms with Gasteiger partial charge in [0.05, 0.1) is 6.10 Å². The van der Waals surface area contributed by atoms with E-state index in [9.17, 15) is 9.90 Å². The molecule has 1 aromatic rings. The molecule has 29 heavy (non-hydrogen) atoms. The van der Waals surface area contributed by atoms with Crippen LogP contribution < -0.4 is 0 Å². The molecule has 0 heterocycles. The minimum Gasteiger partial charge on any atom is -0.393 e. The van der Waals surface area contributed by atoms with E-state index in [2.05, 4.69) is 39.8 Å². The molecule has 5 atom stereocenters. The van der Waals surface area contributed by atoms with Crippen LogP contribution in [0.1, 0.15) is 65.4 Å². The summed E-state index contributed by atoms with van der Waals surface area (Å²) in [6.07, 6.45) is 9.60. The zero-order valence-corrected chi connectivity index (χ0v) is 18.4. The first-order valence-electron chi connectivity index (χ1n) is 11.4. The number of benzene rings is 1. The van der Waals surface area contributed by atoms with Crippen LogP contribution in [0.2, 0.25) is 0 Å². The molecule has 0 aromatic heterocycles. The number of carbonyl (C=O) groups is 1. The topological polar surface area (TPSA) is 37.3 Å². The van der Waals surface area contributed by atoms with Crippen molar-refractivity contribution in [1.29, 1.82) is 0 Å². The Morgan fingerprint density at radius 1 is 1.17 bits per heavy atom. The standard InChI is InChI=1S/C27H36O2/c1-18(2)20-10-12-23-21(15-20)11-13-24-26(23,3)16-22(28)17-27(24,4)25(29)14-19-8-6-5-7-9-19/h5-9,11,15,18,22-24,28H,10,12-14,16-17H2,1-4H3. The Balaban J connectivity index is 1.67. The second kappa shape index (κ2) is 7.54. The highest BCUT2D eigenvalue weighted by molar-refractivity contribution is 5.87. The monoisotopic (exact) mass is 392 g/mol. The van der Waals surface area contributed by atoms with E-state index in [4.69, 9.17) is 0 Å². The van der Waals surface area contributed by atoms with Gasteiger partial charge in [-0.3, -0.25) is 4.79 Å². The molecule has 1 fully saturated rings. The van der Waals surface area contributed by atoms with Crippen LogP contribution in [0, 0.1) is 28.6 Å². The fourth-order valence-electron chi connectivity index (χ4n) is 6.77. The van der Waals surface area contributed by atoms with Gasteiger partial charge in [0.1, 0.15) is 5.78 Å². The average molecular weight is 393 g/mol. The lowest BCUT2D eigenvalue weighted by molar-refractivity contribution is -0.150. The Labute approximate surface area is 176 Å². The summed E-state index contributed by atoms with van der Waals surface area (Å²) in [7, 11) is 0. The molecule has 4 rings (SSSR count). The second-order valence-electron chi connectivity index (χ2n) is 10.5. The number of rotatable bonds is 4. The van der Waals surface area contributed by atoms with Crippen LogP contribution in [0.5, 0.6) is 0 Å². The van der Waals surface area contributed by atoms with E-state index in [1.165, 1.54) is 5.57 Å². The van der Waals surface area contributed by atoms with Gasteiger partial charge in [-0.25, -0.2) is 0 Å². The minimum absolute atomic E-state index is 0.0120. The number of carbonyl (C=O) groups excluding carboxylic acids is 1. The molecule has 3 aliphatic carbocycles. The van der Waals surface area contributed by atoms with Gasteiger partial charge in [0.2, 0.25) is 0 Å². The Hall–Kier alpha value is -1.67. The Kier molecular flexibility index (Phi) is 5.36. The molecule has 156 valence electrons. The summed E-state index contributed by atoms with van der Waals surface area (Å²) in [5.74, 6) is 1.65. The van der Waals surface area contributed by atoms with Gasteiger partial charge in [0, 0.05) is 11.8 Å². The molecule has 0 saturated heterocycles. The van der Waals surface area contributed by atoms with Crippen LogP contribution in [0.3, 0.4) is 0 Å². The van der Waals surface area contributed by atoms with E-state index < -0.39 is 11.5 Å². The van der Waals surface area contributed by atoms with Gasteiger partial charge < -0.3 is 5.11 Å². The molecule has 0 bridgehead atoms. The van der Waals surface area contributed by atoms with Crippen molar-refractivity contribution in [2.75, 3.05) is 0 Å². The number of fused-ring (bicyclic) bond motifs is 3. The van der Waals surface area contributed by atoms with Crippen molar-refractivity contribution in [3.05, 3.63) is 59.2 Å². The Bertz CT molecular complexity index is 833. The minimum atomic E-state index is -0.466. The van der Waals surface area contributed by atoms with Crippen LogP contribution in [0.4, 0.5) is 0 Å². The van der Waals surface area contributed by atoms with Gasteiger partial charge in [-0.1, -0.05) is 75.8 Å². The highest BCUT2D eigenvalue weighted by Crippen LogP contribution is 2.62. The molecular formula is C27H36O2. The molecular weight excluding hydrogens is 356 g/mol. The van der Waals surface area contributed by atoms with Crippen LogP contribution in [-0.2, 0) is 11.2 Å². The van der Waals surface area contributed by atoms with Gasteiger partial charge >= 0.3 is 0 Å². The lowest BCUT2D eigenvalue weighted by atomic mass is 9.45. The fraction of sp³-hybridized carbons (Fsp3) is 0.593. The van der Waals surface area contributed by atoms with Crippen molar-refractivity contribution in [2.45, 2.75) is 72.3 Å². The zero-order valence-electron chi connectivity index (χ0n) is 18.4. The fourth-order valence-corrected chi connectivity index (χ4v) is 6.77. The van der Waals surface area contributed by atoms with E-state index in [1.54, 1.807) is 5.57 Å². The lowest BCUT2D eigenvalue weighted by Crippen LogP contribution is -2.56. The molecule has 0 aliphatic heterocycles. The van der Waals surface area contributed by atoms with Crippen molar-refractivity contribution < 1.29 is 9.90 Å². The Morgan fingerprint density at radius 2 is 1.90 bits per heavy atom. The third-order valence-corrected chi connectivity index (χ3v) is 8.35. The van der Waals surface area contributed by atoms with E-state index in [0.29, 0.717) is 36.4 Å².